The fourth-order valence-corrected chi connectivity index (χ4v) is 3.77. The Morgan fingerprint density at radius 3 is 2.68 bits per heavy atom. The summed E-state index contributed by atoms with van der Waals surface area (Å²) in [5.74, 6) is -0.0913. The second-order valence-electron chi connectivity index (χ2n) is 6.55. The van der Waals surface area contributed by atoms with Crippen LogP contribution in [0.1, 0.15) is 26.3 Å². The number of ether oxygens (including phenoxy) is 1. The third-order valence-electron chi connectivity index (χ3n) is 4.48. The molecule has 148 valence electrons. The van der Waals surface area contributed by atoms with E-state index in [1.165, 1.54) is 23.9 Å². The van der Waals surface area contributed by atoms with Gasteiger partial charge in [-0.1, -0.05) is 43.0 Å². The van der Waals surface area contributed by atoms with Gasteiger partial charge in [0.2, 0.25) is 0 Å². The Bertz CT molecular complexity index is 1010. The number of fused-ring (bicyclic) bond motifs is 1. The maximum atomic E-state index is 13.6. The average molecular weight is 402 g/mol. The van der Waals surface area contributed by atoms with Crippen LogP contribution in [-0.4, -0.2) is 33.1 Å². The fourth-order valence-electron chi connectivity index (χ4n) is 2.77. The molecule has 1 N–H and O–H groups in total. The largest absolute Gasteiger partial charge is 0.488 e. The number of para-hydroxylation sites is 2. The third-order valence-corrected chi connectivity index (χ3v) is 5.58. The van der Waals surface area contributed by atoms with Crippen LogP contribution >= 0.6 is 11.8 Å². The standard InChI is InChI=1S/C21H23FN2O3S/c1-3-14(2)24-20(26)16-8-4-6-10-18(16)23-21(24)28-13-15(25)12-27-19-11-7-5-9-17(19)22/h4-11,14-15,25H,3,12-13H2,1-2H3/t14-,15+/m0/s1. The first-order valence-electron chi connectivity index (χ1n) is 9.20. The number of rotatable bonds is 8. The molecule has 0 saturated heterocycles. The molecule has 0 unspecified atom stereocenters. The van der Waals surface area contributed by atoms with Gasteiger partial charge in [-0.2, -0.15) is 0 Å². The smallest absolute Gasteiger partial charge is 0.262 e. The zero-order chi connectivity index (χ0) is 20.1. The summed E-state index contributed by atoms with van der Waals surface area (Å²) in [6.45, 7) is 3.94. The van der Waals surface area contributed by atoms with Gasteiger partial charge in [0.05, 0.1) is 17.0 Å². The molecule has 3 rings (SSSR count). The molecule has 2 atom stereocenters. The molecule has 0 spiro atoms. The van der Waals surface area contributed by atoms with Gasteiger partial charge in [-0.3, -0.25) is 9.36 Å². The number of benzene rings is 2. The average Bonchev–Trinajstić information content (AvgIpc) is 2.71. The number of halogens is 1. The molecule has 0 aliphatic heterocycles. The van der Waals surface area contributed by atoms with Crippen molar-refractivity contribution in [2.75, 3.05) is 12.4 Å². The van der Waals surface area contributed by atoms with Gasteiger partial charge < -0.3 is 9.84 Å². The number of aromatic nitrogens is 2. The van der Waals surface area contributed by atoms with Crippen molar-refractivity contribution < 1.29 is 14.2 Å². The minimum absolute atomic E-state index is 0.0149. The fraction of sp³-hybridized carbons (Fsp3) is 0.333. The Morgan fingerprint density at radius 1 is 1.21 bits per heavy atom. The first-order chi connectivity index (χ1) is 13.5. The second-order valence-corrected chi connectivity index (χ2v) is 7.54. The molecule has 0 aliphatic carbocycles. The Hall–Kier alpha value is -2.38. The molecular weight excluding hydrogens is 379 g/mol. The van der Waals surface area contributed by atoms with Crippen molar-refractivity contribution in [1.29, 1.82) is 0 Å². The van der Waals surface area contributed by atoms with Gasteiger partial charge >= 0.3 is 0 Å². The van der Waals surface area contributed by atoms with Gasteiger partial charge in [0, 0.05) is 11.8 Å². The van der Waals surface area contributed by atoms with E-state index in [9.17, 15) is 14.3 Å². The molecule has 0 aliphatic rings. The van der Waals surface area contributed by atoms with Gasteiger partial charge in [-0.15, -0.1) is 0 Å². The molecule has 7 heteroatoms. The lowest BCUT2D eigenvalue weighted by atomic mass is 10.2. The summed E-state index contributed by atoms with van der Waals surface area (Å²) >= 11 is 1.30. The minimum atomic E-state index is -0.835. The van der Waals surface area contributed by atoms with Gasteiger partial charge in [0.1, 0.15) is 6.61 Å². The zero-order valence-corrected chi connectivity index (χ0v) is 16.7. The lowest BCUT2D eigenvalue weighted by Gasteiger charge is -2.19. The zero-order valence-electron chi connectivity index (χ0n) is 15.8. The van der Waals surface area contributed by atoms with Gasteiger partial charge in [0.25, 0.3) is 5.56 Å². The van der Waals surface area contributed by atoms with Crippen LogP contribution in [0.25, 0.3) is 10.9 Å². The predicted molar refractivity (Wildman–Crippen MR) is 110 cm³/mol. The topological polar surface area (TPSA) is 64.3 Å². The SMILES string of the molecule is CC[C@H](C)n1c(SC[C@H](O)COc2ccccc2F)nc2ccccc2c1=O. The lowest BCUT2D eigenvalue weighted by Crippen LogP contribution is -2.27. The van der Waals surface area contributed by atoms with E-state index in [0.29, 0.717) is 16.1 Å². The molecule has 0 fully saturated rings. The van der Waals surface area contributed by atoms with Crippen molar-refractivity contribution >= 4 is 22.7 Å². The Morgan fingerprint density at radius 2 is 1.93 bits per heavy atom. The molecule has 5 nitrogen and oxygen atoms in total. The van der Waals surface area contributed by atoms with Crippen molar-refractivity contribution in [1.82, 2.24) is 9.55 Å². The molecule has 1 aromatic heterocycles. The van der Waals surface area contributed by atoms with E-state index in [1.54, 1.807) is 28.8 Å². The molecule has 28 heavy (non-hydrogen) atoms. The van der Waals surface area contributed by atoms with Crippen molar-refractivity contribution in [2.24, 2.45) is 0 Å². The van der Waals surface area contributed by atoms with Crippen LogP contribution in [0.2, 0.25) is 0 Å². The highest BCUT2D eigenvalue weighted by atomic mass is 32.2. The molecular formula is C21H23FN2O3S. The van der Waals surface area contributed by atoms with Crippen molar-refractivity contribution in [3.63, 3.8) is 0 Å². The summed E-state index contributed by atoms with van der Waals surface area (Å²) in [5.41, 5.74) is 0.547. The van der Waals surface area contributed by atoms with Crippen LogP contribution in [0.3, 0.4) is 0 Å². The molecule has 2 aromatic carbocycles. The van der Waals surface area contributed by atoms with E-state index in [-0.39, 0.29) is 29.7 Å². The molecule has 0 radical (unpaired) electrons. The first-order valence-corrected chi connectivity index (χ1v) is 10.2. The number of aliphatic hydroxyl groups is 1. The third kappa shape index (κ3) is 4.54. The van der Waals surface area contributed by atoms with E-state index in [2.05, 4.69) is 4.98 Å². The van der Waals surface area contributed by atoms with Crippen LogP contribution in [0.15, 0.2) is 58.5 Å². The summed E-state index contributed by atoms with van der Waals surface area (Å²) in [6, 6.07) is 13.3. The van der Waals surface area contributed by atoms with E-state index in [4.69, 9.17) is 4.74 Å². The van der Waals surface area contributed by atoms with Crippen LogP contribution in [0.5, 0.6) is 5.75 Å². The second kappa shape index (κ2) is 9.21. The van der Waals surface area contributed by atoms with E-state index in [1.807, 2.05) is 26.0 Å². The Kier molecular flexibility index (Phi) is 6.70. The van der Waals surface area contributed by atoms with Crippen molar-refractivity contribution in [3.05, 3.63) is 64.7 Å². The Balaban J connectivity index is 1.76. The first kappa shape index (κ1) is 20.4. The highest BCUT2D eigenvalue weighted by molar-refractivity contribution is 7.99. The summed E-state index contributed by atoms with van der Waals surface area (Å²) in [7, 11) is 0. The number of thioether (sulfide) groups is 1. The number of hydrogen-bond acceptors (Lipinski definition) is 5. The monoisotopic (exact) mass is 402 g/mol. The molecule has 0 bridgehead atoms. The quantitative estimate of drug-likeness (QED) is 0.455. The maximum Gasteiger partial charge on any atom is 0.262 e. The molecule has 0 saturated carbocycles. The Labute approximate surface area is 167 Å². The van der Waals surface area contributed by atoms with Crippen LogP contribution < -0.4 is 10.3 Å². The molecule has 0 amide bonds. The molecule has 3 aromatic rings. The van der Waals surface area contributed by atoms with Gasteiger partial charge in [0.15, 0.2) is 16.7 Å². The van der Waals surface area contributed by atoms with E-state index < -0.39 is 11.9 Å². The van der Waals surface area contributed by atoms with E-state index >= 15 is 0 Å². The van der Waals surface area contributed by atoms with Crippen LogP contribution in [0.4, 0.5) is 4.39 Å². The summed E-state index contributed by atoms with van der Waals surface area (Å²) in [6.07, 6.45) is -0.0507. The highest BCUT2D eigenvalue weighted by Crippen LogP contribution is 2.23. The highest BCUT2D eigenvalue weighted by Gasteiger charge is 2.17. The van der Waals surface area contributed by atoms with Gasteiger partial charge in [-0.05, 0) is 37.6 Å². The van der Waals surface area contributed by atoms with E-state index in [0.717, 1.165) is 6.42 Å². The minimum Gasteiger partial charge on any atom is -0.488 e. The number of nitrogens with zero attached hydrogens (tertiary/aromatic N) is 2. The predicted octanol–water partition coefficient (Wildman–Crippen LogP) is 4.04. The maximum absolute atomic E-state index is 13.6. The summed E-state index contributed by atoms with van der Waals surface area (Å²) < 4.78 is 20.6. The summed E-state index contributed by atoms with van der Waals surface area (Å²) in [5, 5.41) is 11.4. The number of aliphatic hydroxyl groups excluding tert-OH is 1. The molecule has 1 heterocycles. The van der Waals surface area contributed by atoms with Crippen molar-refractivity contribution in [3.8, 4) is 5.75 Å². The number of hydrogen-bond donors (Lipinski definition) is 1. The lowest BCUT2D eigenvalue weighted by molar-refractivity contribution is 0.123. The van der Waals surface area contributed by atoms with Gasteiger partial charge in [-0.25, -0.2) is 9.37 Å². The van der Waals surface area contributed by atoms with Crippen LogP contribution in [0, 0.1) is 5.82 Å². The van der Waals surface area contributed by atoms with Crippen molar-refractivity contribution in [2.45, 2.75) is 37.6 Å². The summed E-state index contributed by atoms with van der Waals surface area (Å²) in [4.78, 5) is 17.5. The van der Waals surface area contributed by atoms with Crippen LogP contribution in [-0.2, 0) is 0 Å². The normalized spacial score (nSPS) is 13.4.